The highest BCUT2D eigenvalue weighted by molar-refractivity contribution is 5.72. The monoisotopic (exact) mass is 301 g/mol. The van der Waals surface area contributed by atoms with Crippen molar-refractivity contribution in [1.29, 1.82) is 0 Å². The van der Waals surface area contributed by atoms with Crippen LogP contribution in [0.15, 0.2) is 0 Å². The van der Waals surface area contributed by atoms with Crippen LogP contribution in [0.3, 0.4) is 0 Å². The quantitative estimate of drug-likeness (QED) is 0.574. The summed E-state index contributed by atoms with van der Waals surface area (Å²) in [5.74, 6) is -0.264. The van der Waals surface area contributed by atoms with E-state index >= 15 is 0 Å². The Balaban J connectivity index is 1.73. The largest absolute Gasteiger partial charge is 0.481 e. The standard InChI is InChI=1S/C15H27NO5/c1-9(7-20-2)21-8-12(17)6-16-14-11-4-3-10(5-11)13(14)15(18)19/h9-14,16-17H,3-8H2,1-2H3,(H,18,19). The van der Waals surface area contributed by atoms with E-state index in [-0.39, 0.29) is 24.7 Å². The number of hydrogen-bond donors (Lipinski definition) is 3. The zero-order valence-electron chi connectivity index (χ0n) is 12.8. The second-order valence-corrected chi connectivity index (χ2v) is 6.38. The Kier molecular flexibility index (Phi) is 5.98. The molecule has 2 rings (SSSR count). The van der Waals surface area contributed by atoms with Gasteiger partial charge in [0.25, 0.3) is 0 Å². The van der Waals surface area contributed by atoms with E-state index in [1.165, 1.54) is 0 Å². The molecule has 2 saturated carbocycles. The Morgan fingerprint density at radius 2 is 2.05 bits per heavy atom. The van der Waals surface area contributed by atoms with Gasteiger partial charge in [0.15, 0.2) is 0 Å². The van der Waals surface area contributed by atoms with Crippen LogP contribution in [-0.2, 0) is 14.3 Å². The van der Waals surface area contributed by atoms with Gasteiger partial charge in [0.1, 0.15) is 0 Å². The number of carbonyl (C=O) groups is 1. The first-order chi connectivity index (χ1) is 10.0. The summed E-state index contributed by atoms with van der Waals surface area (Å²) in [6.45, 7) is 2.99. The molecule has 0 aromatic heterocycles. The first kappa shape index (κ1) is 16.7. The van der Waals surface area contributed by atoms with Crippen molar-refractivity contribution in [3.63, 3.8) is 0 Å². The van der Waals surface area contributed by atoms with Crippen LogP contribution in [0.2, 0.25) is 0 Å². The van der Waals surface area contributed by atoms with Crippen molar-refractivity contribution in [2.75, 3.05) is 26.9 Å². The summed E-state index contributed by atoms with van der Waals surface area (Å²) in [6.07, 6.45) is 2.45. The normalized spacial score (nSPS) is 34.0. The fourth-order valence-corrected chi connectivity index (χ4v) is 3.83. The van der Waals surface area contributed by atoms with Gasteiger partial charge in [-0.2, -0.15) is 0 Å². The SMILES string of the molecule is COCC(C)OCC(O)CNC1C2CCC(C2)C1C(=O)O. The zero-order valence-corrected chi connectivity index (χ0v) is 12.8. The topological polar surface area (TPSA) is 88.0 Å². The Bertz CT molecular complexity index is 351. The minimum absolute atomic E-state index is 0.00713. The number of carboxylic acid groups (broad SMARTS) is 1. The van der Waals surface area contributed by atoms with Gasteiger partial charge in [0.05, 0.1) is 31.3 Å². The van der Waals surface area contributed by atoms with Gasteiger partial charge in [0.2, 0.25) is 0 Å². The third kappa shape index (κ3) is 4.16. The molecule has 2 aliphatic rings. The Labute approximate surface area is 125 Å². The average Bonchev–Trinajstić information content (AvgIpc) is 3.03. The fourth-order valence-electron chi connectivity index (χ4n) is 3.83. The summed E-state index contributed by atoms with van der Waals surface area (Å²) in [7, 11) is 1.61. The Morgan fingerprint density at radius 3 is 2.71 bits per heavy atom. The highest BCUT2D eigenvalue weighted by atomic mass is 16.5. The second-order valence-electron chi connectivity index (χ2n) is 6.38. The van der Waals surface area contributed by atoms with Crippen molar-refractivity contribution in [3.8, 4) is 0 Å². The van der Waals surface area contributed by atoms with Crippen molar-refractivity contribution in [2.45, 2.75) is 44.4 Å². The number of aliphatic hydroxyl groups excluding tert-OH is 1. The van der Waals surface area contributed by atoms with Gasteiger partial charge in [0, 0.05) is 19.7 Å². The maximum absolute atomic E-state index is 11.4. The molecule has 2 fully saturated rings. The molecule has 122 valence electrons. The van der Waals surface area contributed by atoms with E-state index in [2.05, 4.69) is 5.32 Å². The number of ether oxygens (including phenoxy) is 2. The molecule has 2 bridgehead atoms. The minimum atomic E-state index is -0.709. The van der Waals surface area contributed by atoms with Crippen molar-refractivity contribution < 1.29 is 24.5 Å². The predicted molar refractivity (Wildman–Crippen MR) is 77.0 cm³/mol. The van der Waals surface area contributed by atoms with Crippen LogP contribution in [0, 0.1) is 17.8 Å². The van der Waals surface area contributed by atoms with Gasteiger partial charge in [-0.15, -0.1) is 0 Å². The van der Waals surface area contributed by atoms with Crippen LogP contribution in [-0.4, -0.2) is 61.3 Å². The van der Waals surface area contributed by atoms with E-state index in [4.69, 9.17) is 9.47 Å². The lowest BCUT2D eigenvalue weighted by Gasteiger charge is -2.30. The molecule has 0 aliphatic heterocycles. The van der Waals surface area contributed by atoms with Gasteiger partial charge in [-0.25, -0.2) is 0 Å². The van der Waals surface area contributed by atoms with E-state index in [0.29, 0.717) is 25.0 Å². The van der Waals surface area contributed by atoms with Gasteiger partial charge < -0.3 is 25.0 Å². The molecule has 0 amide bonds. The first-order valence-electron chi connectivity index (χ1n) is 7.77. The van der Waals surface area contributed by atoms with Crippen molar-refractivity contribution in [3.05, 3.63) is 0 Å². The van der Waals surface area contributed by atoms with E-state index in [0.717, 1.165) is 19.3 Å². The van der Waals surface area contributed by atoms with Gasteiger partial charge in [-0.1, -0.05) is 0 Å². The molecule has 0 heterocycles. The van der Waals surface area contributed by atoms with Crippen LogP contribution >= 0.6 is 0 Å². The Morgan fingerprint density at radius 1 is 1.33 bits per heavy atom. The van der Waals surface area contributed by atoms with Crippen molar-refractivity contribution >= 4 is 5.97 Å². The molecule has 6 nitrogen and oxygen atoms in total. The molecule has 0 spiro atoms. The highest BCUT2D eigenvalue weighted by Crippen LogP contribution is 2.48. The number of hydrogen-bond acceptors (Lipinski definition) is 5. The van der Waals surface area contributed by atoms with Crippen LogP contribution in [0.25, 0.3) is 0 Å². The molecule has 21 heavy (non-hydrogen) atoms. The molecular weight excluding hydrogens is 274 g/mol. The first-order valence-corrected chi connectivity index (χ1v) is 7.77. The van der Waals surface area contributed by atoms with Crippen molar-refractivity contribution in [2.24, 2.45) is 17.8 Å². The van der Waals surface area contributed by atoms with E-state index in [1.807, 2.05) is 6.92 Å². The number of methoxy groups -OCH3 is 1. The minimum Gasteiger partial charge on any atom is -0.481 e. The molecule has 6 unspecified atom stereocenters. The lowest BCUT2D eigenvalue weighted by Crippen LogP contribution is -2.47. The smallest absolute Gasteiger partial charge is 0.308 e. The highest BCUT2D eigenvalue weighted by Gasteiger charge is 2.50. The third-order valence-corrected chi connectivity index (χ3v) is 4.77. The van der Waals surface area contributed by atoms with E-state index < -0.39 is 12.1 Å². The molecule has 0 radical (unpaired) electrons. The number of carboxylic acids is 1. The van der Waals surface area contributed by atoms with E-state index in [9.17, 15) is 15.0 Å². The Hall–Kier alpha value is -0.690. The summed E-state index contributed by atoms with van der Waals surface area (Å²) >= 11 is 0. The van der Waals surface area contributed by atoms with Crippen LogP contribution in [0.4, 0.5) is 0 Å². The predicted octanol–water partition coefficient (Wildman–Crippen LogP) is 0.488. The molecule has 0 saturated heterocycles. The third-order valence-electron chi connectivity index (χ3n) is 4.77. The fraction of sp³-hybridized carbons (Fsp3) is 0.933. The number of aliphatic carboxylic acids is 1. The van der Waals surface area contributed by atoms with Crippen molar-refractivity contribution in [1.82, 2.24) is 5.32 Å². The number of rotatable bonds is 9. The van der Waals surface area contributed by atoms with E-state index in [1.54, 1.807) is 7.11 Å². The number of nitrogens with one attached hydrogen (secondary N) is 1. The molecule has 6 heteroatoms. The van der Waals surface area contributed by atoms with Gasteiger partial charge in [-0.05, 0) is 38.0 Å². The average molecular weight is 301 g/mol. The maximum atomic E-state index is 11.4. The van der Waals surface area contributed by atoms with Gasteiger partial charge in [-0.3, -0.25) is 4.79 Å². The molecule has 2 aliphatic carbocycles. The lowest BCUT2D eigenvalue weighted by molar-refractivity contribution is -0.144. The lowest BCUT2D eigenvalue weighted by atomic mass is 9.84. The summed E-state index contributed by atoms with van der Waals surface area (Å²) in [4.78, 5) is 11.4. The summed E-state index contributed by atoms with van der Waals surface area (Å²) in [5.41, 5.74) is 0. The summed E-state index contributed by atoms with van der Waals surface area (Å²) < 4.78 is 10.4. The summed E-state index contributed by atoms with van der Waals surface area (Å²) in [5, 5.41) is 22.6. The number of aliphatic hydroxyl groups is 1. The molecule has 6 atom stereocenters. The molecular formula is C15H27NO5. The zero-order chi connectivity index (χ0) is 15.4. The molecule has 0 aromatic carbocycles. The maximum Gasteiger partial charge on any atom is 0.308 e. The molecule has 0 aromatic rings. The number of fused-ring (bicyclic) bond motifs is 2. The van der Waals surface area contributed by atoms with Crippen LogP contribution in [0.1, 0.15) is 26.2 Å². The van der Waals surface area contributed by atoms with Crippen LogP contribution in [0.5, 0.6) is 0 Å². The molecule has 3 N–H and O–H groups in total. The van der Waals surface area contributed by atoms with Crippen LogP contribution < -0.4 is 5.32 Å². The van der Waals surface area contributed by atoms with Gasteiger partial charge >= 0.3 is 5.97 Å². The summed E-state index contributed by atoms with van der Waals surface area (Å²) in [6, 6.07) is -0.00713. The second kappa shape index (κ2) is 7.54.